The summed E-state index contributed by atoms with van der Waals surface area (Å²) in [4.78, 5) is 16.2. The van der Waals surface area contributed by atoms with E-state index < -0.39 is 5.97 Å². The second-order valence-corrected chi connectivity index (χ2v) is 4.25. The Kier molecular flexibility index (Phi) is 2.54. The fourth-order valence-corrected chi connectivity index (χ4v) is 2.26. The molecule has 0 amide bonds. The van der Waals surface area contributed by atoms with Gasteiger partial charge in [0, 0.05) is 0 Å². The van der Waals surface area contributed by atoms with Gasteiger partial charge in [0.2, 0.25) is 5.90 Å². The number of nitrogens with zero attached hydrogens (tertiary/aromatic N) is 1. The quantitative estimate of drug-likeness (QED) is 0.714. The molecule has 1 saturated carbocycles. The summed E-state index contributed by atoms with van der Waals surface area (Å²) in [5, 5.41) is 12.7. The van der Waals surface area contributed by atoms with Gasteiger partial charge in [0.05, 0.1) is 19.4 Å². The smallest absolute Gasteiger partial charge is 0.306 e. The van der Waals surface area contributed by atoms with Crippen LogP contribution < -0.4 is 0 Å². The van der Waals surface area contributed by atoms with Crippen molar-refractivity contribution in [3.05, 3.63) is 0 Å². The standard InChI is InChI=1S/C10H15NO4/c1-14-8-6-10(15-11-8)4-2-7(3-5-10)9(12)13/h7H,2-6H2,1H3,(H,12,13). The van der Waals surface area contributed by atoms with E-state index in [9.17, 15) is 4.79 Å². The van der Waals surface area contributed by atoms with Crippen LogP contribution in [0.4, 0.5) is 0 Å². The zero-order chi connectivity index (χ0) is 10.9. The van der Waals surface area contributed by atoms with Crippen molar-refractivity contribution in [2.45, 2.75) is 37.7 Å². The molecule has 5 nitrogen and oxygen atoms in total. The van der Waals surface area contributed by atoms with Gasteiger partial charge in [-0.1, -0.05) is 5.16 Å². The van der Waals surface area contributed by atoms with Gasteiger partial charge in [0.15, 0.2) is 0 Å². The van der Waals surface area contributed by atoms with Gasteiger partial charge >= 0.3 is 5.97 Å². The molecule has 0 bridgehead atoms. The first kappa shape index (κ1) is 10.3. The van der Waals surface area contributed by atoms with Crippen LogP contribution in [0, 0.1) is 5.92 Å². The van der Waals surface area contributed by atoms with Crippen LogP contribution in [0.15, 0.2) is 5.16 Å². The van der Waals surface area contributed by atoms with Crippen LogP contribution in [0.3, 0.4) is 0 Å². The average molecular weight is 213 g/mol. The van der Waals surface area contributed by atoms with E-state index in [1.54, 1.807) is 7.11 Å². The number of carboxylic acids is 1. The highest BCUT2D eigenvalue weighted by Gasteiger charge is 2.44. The molecule has 84 valence electrons. The van der Waals surface area contributed by atoms with Gasteiger partial charge in [0.25, 0.3) is 0 Å². The van der Waals surface area contributed by atoms with Gasteiger partial charge in [0.1, 0.15) is 5.60 Å². The van der Waals surface area contributed by atoms with E-state index in [2.05, 4.69) is 5.16 Å². The van der Waals surface area contributed by atoms with Crippen LogP contribution in [-0.2, 0) is 14.4 Å². The molecule has 1 aliphatic carbocycles. The molecular formula is C10H15NO4. The van der Waals surface area contributed by atoms with Crippen LogP contribution >= 0.6 is 0 Å². The van der Waals surface area contributed by atoms with Crippen molar-refractivity contribution in [1.29, 1.82) is 0 Å². The minimum absolute atomic E-state index is 0.217. The molecule has 0 unspecified atom stereocenters. The number of rotatable bonds is 1. The van der Waals surface area contributed by atoms with Gasteiger partial charge in [-0.2, -0.15) is 0 Å². The van der Waals surface area contributed by atoms with Crippen LogP contribution in [0.5, 0.6) is 0 Å². The van der Waals surface area contributed by atoms with Gasteiger partial charge in [-0.05, 0) is 25.7 Å². The molecule has 1 heterocycles. The number of ether oxygens (including phenoxy) is 1. The van der Waals surface area contributed by atoms with Crippen molar-refractivity contribution < 1.29 is 19.5 Å². The molecule has 1 aliphatic heterocycles. The SMILES string of the molecule is COC1=NOC2(CCC(C(=O)O)CC2)C1. The maximum Gasteiger partial charge on any atom is 0.306 e. The Morgan fingerprint density at radius 2 is 2.27 bits per heavy atom. The summed E-state index contributed by atoms with van der Waals surface area (Å²) in [5.41, 5.74) is -0.280. The first-order valence-corrected chi connectivity index (χ1v) is 5.17. The maximum absolute atomic E-state index is 10.8. The molecular weight excluding hydrogens is 198 g/mol. The van der Waals surface area contributed by atoms with E-state index in [0.29, 0.717) is 25.2 Å². The minimum atomic E-state index is -0.698. The largest absolute Gasteiger partial charge is 0.482 e. The summed E-state index contributed by atoms with van der Waals surface area (Å²) >= 11 is 0. The molecule has 2 rings (SSSR count). The average Bonchev–Trinajstić information content (AvgIpc) is 2.62. The van der Waals surface area contributed by atoms with E-state index in [-0.39, 0.29) is 11.5 Å². The molecule has 5 heteroatoms. The molecule has 2 aliphatic rings. The predicted octanol–water partition coefficient (Wildman–Crippen LogP) is 1.38. The normalized spacial score (nSPS) is 34.7. The molecule has 0 radical (unpaired) electrons. The molecule has 15 heavy (non-hydrogen) atoms. The van der Waals surface area contributed by atoms with Crippen molar-refractivity contribution in [1.82, 2.24) is 0 Å². The highest BCUT2D eigenvalue weighted by molar-refractivity contribution is 5.78. The molecule has 0 aromatic carbocycles. The van der Waals surface area contributed by atoms with Crippen molar-refractivity contribution in [3.8, 4) is 0 Å². The monoisotopic (exact) mass is 213 g/mol. The van der Waals surface area contributed by atoms with E-state index in [1.165, 1.54) is 0 Å². The molecule has 1 spiro atoms. The van der Waals surface area contributed by atoms with Crippen molar-refractivity contribution in [2.24, 2.45) is 11.1 Å². The summed E-state index contributed by atoms with van der Waals surface area (Å²) in [6.07, 6.45) is 3.51. The lowest BCUT2D eigenvalue weighted by Gasteiger charge is -2.32. The number of methoxy groups -OCH3 is 1. The van der Waals surface area contributed by atoms with Gasteiger partial charge < -0.3 is 14.7 Å². The maximum atomic E-state index is 10.8. The molecule has 0 aromatic heterocycles. The fourth-order valence-electron chi connectivity index (χ4n) is 2.26. The third-order valence-electron chi connectivity index (χ3n) is 3.30. The van der Waals surface area contributed by atoms with Crippen LogP contribution in [-0.4, -0.2) is 29.7 Å². The third-order valence-corrected chi connectivity index (χ3v) is 3.30. The van der Waals surface area contributed by atoms with E-state index >= 15 is 0 Å². The van der Waals surface area contributed by atoms with Crippen molar-refractivity contribution in [3.63, 3.8) is 0 Å². The van der Waals surface area contributed by atoms with E-state index in [4.69, 9.17) is 14.7 Å². The Hall–Kier alpha value is -1.26. The Morgan fingerprint density at radius 3 is 2.73 bits per heavy atom. The van der Waals surface area contributed by atoms with Gasteiger partial charge in [-0.25, -0.2) is 0 Å². The van der Waals surface area contributed by atoms with Gasteiger partial charge in [-0.15, -0.1) is 0 Å². The lowest BCUT2D eigenvalue weighted by atomic mass is 9.77. The second kappa shape index (κ2) is 3.72. The summed E-state index contributed by atoms with van der Waals surface area (Å²) in [7, 11) is 1.57. The van der Waals surface area contributed by atoms with Crippen LogP contribution in [0.1, 0.15) is 32.1 Å². The lowest BCUT2D eigenvalue weighted by molar-refractivity contribution is -0.145. The highest BCUT2D eigenvalue weighted by atomic mass is 16.7. The zero-order valence-electron chi connectivity index (χ0n) is 8.73. The zero-order valence-corrected chi connectivity index (χ0v) is 8.73. The topological polar surface area (TPSA) is 68.1 Å². The number of carbonyl (C=O) groups is 1. The molecule has 1 N–H and O–H groups in total. The summed E-state index contributed by atoms with van der Waals surface area (Å²) in [6.45, 7) is 0. The molecule has 0 aromatic rings. The second-order valence-electron chi connectivity index (χ2n) is 4.25. The number of hydrogen-bond acceptors (Lipinski definition) is 4. The third kappa shape index (κ3) is 1.91. The summed E-state index contributed by atoms with van der Waals surface area (Å²) in [5.74, 6) is -0.301. The Labute approximate surface area is 88.0 Å². The number of oxime groups is 1. The van der Waals surface area contributed by atoms with Crippen molar-refractivity contribution >= 4 is 11.9 Å². The Balaban J connectivity index is 1.92. The van der Waals surface area contributed by atoms with E-state index in [0.717, 1.165) is 12.8 Å². The minimum Gasteiger partial charge on any atom is -0.482 e. The van der Waals surface area contributed by atoms with E-state index in [1.807, 2.05) is 0 Å². The molecule has 0 saturated heterocycles. The number of carboxylic acid groups (broad SMARTS) is 1. The lowest BCUT2D eigenvalue weighted by Crippen LogP contribution is -2.36. The predicted molar refractivity (Wildman–Crippen MR) is 52.5 cm³/mol. The highest BCUT2D eigenvalue weighted by Crippen LogP contribution is 2.40. The molecule has 1 fully saturated rings. The molecule has 0 atom stereocenters. The Bertz CT molecular complexity index is 292. The van der Waals surface area contributed by atoms with Gasteiger partial charge in [-0.3, -0.25) is 4.79 Å². The van der Waals surface area contributed by atoms with Crippen molar-refractivity contribution in [2.75, 3.05) is 7.11 Å². The van der Waals surface area contributed by atoms with Crippen LogP contribution in [0.25, 0.3) is 0 Å². The summed E-state index contributed by atoms with van der Waals surface area (Å²) < 4.78 is 5.02. The number of hydrogen-bond donors (Lipinski definition) is 1. The Morgan fingerprint density at radius 1 is 1.60 bits per heavy atom. The summed E-state index contributed by atoms with van der Waals surface area (Å²) in [6, 6.07) is 0. The first-order chi connectivity index (χ1) is 7.15. The first-order valence-electron chi connectivity index (χ1n) is 5.17. The van der Waals surface area contributed by atoms with Crippen LogP contribution in [0.2, 0.25) is 0 Å². The number of aliphatic carboxylic acids is 1. The fraction of sp³-hybridized carbons (Fsp3) is 0.800.